The van der Waals surface area contributed by atoms with Gasteiger partial charge in [-0.05, 0) is 20.8 Å². The highest BCUT2D eigenvalue weighted by molar-refractivity contribution is 5.58. The summed E-state index contributed by atoms with van der Waals surface area (Å²) in [4.78, 5) is 11.2. The molecule has 0 aliphatic heterocycles. The third kappa shape index (κ3) is 4.35. The summed E-state index contributed by atoms with van der Waals surface area (Å²) in [5.74, 6) is 2.74. The minimum Gasteiger partial charge on any atom is -0.377 e. The first-order chi connectivity index (χ1) is 8.99. The van der Waals surface area contributed by atoms with Gasteiger partial charge < -0.3 is 15.0 Å². The fourth-order valence-corrected chi connectivity index (χ4v) is 1.85. The number of rotatable bonds is 7. The first-order valence-corrected chi connectivity index (χ1v) is 6.87. The number of hydrogen-bond acceptors (Lipinski definition) is 5. The van der Waals surface area contributed by atoms with Crippen LogP contribution in [0.1, 0.15) is 32.2 Å². The van der Waals surface area contributed by atoms with Crippen LogP contribution in [0.15, 0.2) is 0 Å². The van der Waals surface area contributed by atoms with Crippen molar-refractivity contribution < 1.29 is 4.74 Å². The second kappa shape index (κ2) is 7.28. The van der Waals surface area contributed by atoms with Crippen LogP contribution in [0.3, 0.4) is 0 Å². The number of likely N-dealkylation sites (N-methyl/N-ethyl adjacent to an activating group) is 1. The van der Waals surface area contributed by atoms with Gasteiger partial charge >= 0.3 is 0 Å². The van der Waals surface area contributed by atoms with Crippen molar-refractivity contribution in [2.75, 3.05) is 37.5 Å². The molecule has 0 amide bonds. The summed E-state index contributed by atoms with van der Waals surface area (Å²) < 4.78 is 5.59. The molecule has 1 heterocycles. The zero-order chi connectivity index (χ0) is 14.4. The van der Waals surface area contributed by atoms with Crippen molar-refractivity contribution in [1.29, 1.82) is 0 Å². The molecule has 0 aliphatic rings. The molecule has 0 spiro atoms. The van der Waals surface area contributed by atoms with Gasteiger partial charge in [0.25, 0.3) is 0 Å². The van der Waals surface area contributed by atoms with Gasteiger partial charge in [0.1, 0.15) is 17.5 Å². The lowest BCUT2D eigenvalue weighted by molar-refractivity contribution is 0.0845. The molecule has 0 saturated carbocycles. The number of aromatic nitrogens is 2. The van der Waals surface area contributed by atoms with E-state index in [-0.39, 0.29) is 6.10 Å². The van der Waals surface area contributed by atoms with Crippen LogP contribution >= 0.6 is 0 Å². The van der Waals surface area contributed by atoms with Crippen LogP contribution in [0.25, 0.3) is 0 Å². The van der Waals surface area contributed by atoms with Gasteiger partial charge in [0.15, 0.2) is 0 Å². The lowest BCUT2D eigenvalue weighted by Gasteiger charge is -2.22. The van der Waals surface area contributed by atoms with Gasteiger partial charge in [0.05, 0.1) is 12.7 Å². The molecular formula is C14H26N4O. The zero-order valence-electron chi connectivity index (χ0n) is 12.9. The van der Waals surface area contributed by atoms with Gasteiger partial charge in [-0.3, -0.25) is 0 Å². The number of nitrogens with zero attached hydrogens (tertiary/aromatic N) is 3. The number of anilines is 2. The second-order valence-electron chi connectivity index (χ2n) is 4.88. The third-order valence-corrected chi connectivity index (χ3v) is 2.96. The molecule has 0 aliphatic carbocycles. The average Bonchev–Trinajstić information content (AvgIpc) is 2.38. The summed E-state index contributed by atoms with van der Waals surface area (Å²) in [6.45, 7) is 9.72. The molecule has 0 radical (unpaired) electrons. The lowest BCUT2D eigenvalue weighted by Crippen LogP contribution is -2.26. The highest BCUT2D eigenvalue weighted by Crippen LogP contribution is 2.22. The van der Waals surface area contributed by atoms with Crippen molar-refractivity contribution in [3.8, 4) is 0 Å². The molecule has 0 fully saturated rings. The Morgan fingerprint density at radius 3 is 2.53 bits per heavy atom. The predicted octanol–water partition coefficient (Wildman–Crippen LogP) is 2.25. The quantitative estimate of drug-likeness (QED) is 0.820. The highest BCUT2D eigenvalue weighted by atomic mass is 16.5. The van der Waals surface area contributed by atoms with E-state index in [9.17, 15) is 0 Å². The molecule has 0 bridgehead atoms. The molecule has 19 heavy (non-hydrogen) atoms. The number of aryl methyl sites for hydroxylation is 1. The second-order valence-corrected chi connectivity index (χ2v) is 4.88. The molecular weight excluding hydrogens is 240 g/mol. The van der Waals surface area contributed by atoms with E-state index >= 15 is 0 Å². The fourth-order valence-electron chi connectivity index (χ4n) is 1.85. The molecule has 1 N–H and O–H groups in total. The van der Waals surface area contributed by atoms with E-state index in [1.807, 2.05) is 34.9 Å². The first kappa shape index (κ1) is 15.7. The average molecular weight is 266 g/mol. The SMILES string of the molecule is CCc1nc(NC)c(C)c(N(C)CCOC(C)C)n1. The Bertz CT molecular complexity index is 407. The normalized spacial score (nSPS) is 10.9. The van der Waals surface area contributed by atoms with Crippen molar-refractivity contribution >= 4 is 11.6 Å². The molecule has 5 nitrogen and oxygen atoms in total. The Kier molecular flexibility index (Phi) is 6.02. The topological polar surface area (TPSA) is 50.3 Å². The van der Waals surface area contributed by atoms with Crippen LogP contribution in [0.5, 0.6) is 0 Å². The summed E-state index contributed by atoms with van der Waals surface area (Å²) in [5.41, 5.74) is 1.08. The summed E-state index contributed by atoms with van der Waals surface area (Å²) in [5, 5.41) is 3.13. The lowest BCUT2D eigenvalue weighted by atomic mass is 10.2. The molecule has 1 rings (SSSR count). The van der Waals surface area contributed by atoms with Crippen LogP contribution in [0, 0.1) is 6.92 Å². The minimum absolute atomic E-state index is 0.263. The Balaban J connectivity index is 2.85. The summed E-state index contributed by atoms with van der Waals surface area (Å²) in [6, 6.07) is 0. The van der Waals surface area contributed by atoms with Gasteiger partial charge in [0, 0.05) is 32.6 Å². The van der Waals surface area contributed by atoms with E-state index in [0.29, 0.717) is 6.61 Å². The van der Waals surface area contributed by atoms with E-state index in [2.05, 4.69) is 27.1 Å². The van der Waals surface area contributed by atoms with Gasteiger partial charge in [-0.1, -0.05) is 6.92 Å². The van der Waals surface area contributed by atoms with Crippen molar-refractivity contribution in [3.05, 3.63) is 11.4 Å². The largest absolute Gasteiger partial charge is 0.377 e. The van der Waals surface area contributed by atoms with Gasteiger partial charge in [-0.25, -0.2) is 9.97 Å². The van der Waals surface area contributed by atoms with Crippen LogP contribution in [0.2, 0.25) is 0 Å². The Morgan fingerprint density at radius 2 is 2.00 bits per heavy atom. The molecule has 0 unspecified atom stereocenters. The summed E-state index contributed by atoms with van der Waals surface area (Å²) in [7, 11) is 3.93. The Labute approximate surface area is 116 Å². The van der Waals surface area contributed by atoms with Gasteiger partial charge in [-0.15, -0.1) is 0 Å². The van der Waals surface area contributed by atoms with Crippen molar-refractivity contribution in [2.24, 2.45) is 0 Å². The van der Waals surface area contributed by atoms with Gasteiger partial charge in [-0.2, -0.15) is 0 Å². The van der Waals surface area contributed by atoms with E-state index < -0.39 is 0 Å². The van der Waals surface area contributed by atoms with Crippen molar-refractivity contribution in [3.63, 3.8) is 0 Å². The zero-order valence-corrected chi connectivity index (χ0v) is 12.9. The molecule has 1 aromatic heterocycles. The molecule has 108 valence electrons. The smallest absolute Gasteiger partial charge is 0.137 e. The van der Waals surface area contributed by atoms with Crippen LogP contribution in [-0.4, -0.2) is 43.3 Å². The van der Waals surface area contributed by atoms with E-state index in [4.69, 9.17) is 4.74 Å². The highest BCUT2D eigenvalue weighted by Gasteiger charge is 2.13. The maximum atomic E-state index is 5.59. The summed E-state index contributed by atoms with van der Waals surface area (Å²) >= 11 is 0. The van der Waals surface area contributed by atoms with E-state index in [1.165, 1.54) is 0 Å². The minimum atomic E-state index is 0.263. The van der Waals surface area contributed by atoms with Gasteiger partial charge in [0.2, 0.25) is 0 Å². The van der Waals surface area contributed by atoms with Crippen molar-refractivity contribution in [1.82, 2.24) is 9.97 Å². The standard InChI is InChI=1S/C14H26N4O/c1-7-12-16-13(15-5)11(4)14(17-12)18(6)8-9-19-10(2)3/h10H,7-9H2,1-6H3,(H,15,16,17). The maximum absolute atomic E-state index is 5.59. The molecule has 0 aromatic carbocycles. The molecule has 5 heteroatoms. The predicted molar refractivity (Wildman–Crippen MR) is 80.1 cm³/mol. The fraction of sp³-hybridized carbons (Fsp3) is 0.714. The van der Waals surface area contributed by atoms with Crippen LogP contribution in [-0.2, 0) is 11.2 Å². The van der Waals surface area contributed by atoms with E-state index in [1.54, 1.807) is 0 Å². The van der Waals surface area contributed by atoms with Crippen molar-refractivity contribution in [2.45, 2.75) is 40.2 Å². The first-order valence-electron chi connectivity index (χ1n) is 6.87. The summed E-state index contributed by atoms with van der Waals surface area (Å²) in [6.07, 6.45) is 1.09. The van der Waals surface area contributed by atoms with Crippen LogP contribution in [0.4, 0.5) is 11.6 Å². The molecule has 0 atom stereocenters. The Morgan fingerprint density at radius 1 is 1.32 bits per heavy atom. The number of ether oxygens (including phenoxy) is 1. The third-order valence-electron chi connectivity index (χ3n) is 2.96. The Hall–Kier alpha value is -1.36. The maximum Gasteiger partial charge on any atom is 0.137 e. The molecule has 0 saturated heterocycles. The molecule has 1 aromatic rings. The van der Waals surface area contributed by atoms with E-state index in [0.717, 1.165) is 36.0 Å². The number of hydrogen-bond donors (Lipinski definition) is 1. The van der Waals surface area contributed by atoms with Crippen LogP contribution < -0.4 is 10.2 Å². The monoisotopic (exact) mass is 266 g/mol. The number of nitrogens with one attached hydrogen (secondary N) is 1.